The maximum atomic E-state index is 11.5. The maximum Gasteiger partial charge on any atom is 0.255 e. The minimum Gasteiger partial charge on any atom is -0.273 e. The number of nitrogens with zero attached hydrogens (tertiary/aromatic N) is 2. The zero-order valence-electron chi connectivity index (χ0n) is 8.25. The molecule has 0 fully saturated rings. The van der Waals surface area contributed by atoms with Crippen LogP contribution in [0.1, 0.15) is 14.5 Å². The zero-order chi connectivity index (χ0) is 10.7. The Hall–Kier alpha value is -1.68. The molecule has 0 unspecified atom stereocenters. The summed E-state index contributed by atoms with van der Waals surface area (Å²) in [7, 11) is 0. The molecule has 3 nitrogen and oxygen atoms in total. The van der Waals surface area contributed by atoms with Gasteiger partial charge in [0.1, 0.15) is 6.33 Å². The Labute approximate surface area is 91.7 Å². The van der Waals surface area contributed by atoms with Crippen LogP contribution in [-0.4, -0.2) is 15.5 Å². The molecule has 0 aromatic carbocycles. The van der Waals surface area contributed by atoms with Crippen molar-refractivity contribution in [1.29, 1.82) is 0 Å². The van der Waals surface area contributed by atoms with Gasteiger partial charge in [0.15, 0.2) is 0 Å². The Morgan fingerprint density at radius 1 is 1.53 bits per heavy atom. The second-order valence-corrected chi connectivity index (χ2v) is 4.41. The van der Waals surface area contributed by atoms with Crippen molar-refractivity contribution < 1.29 is 4.79 Å². The molecule has 0 aliphatic rings. The number of carbonyl (C=O) groups is 1. The molecule has 0 saturated heterocycles. The molecule has 0 amide bonds. The molecule has 0 aliphatic carbocycles. The van der Waals surface area contributed by atoms with E-state index in [9.17, 15) is 4.79 Å². The van der Waals surface area contributed by atoms with Crippen LogP contribution >= 0.6 is 11.3 Å². The molecule has 2 rings (SSSR count). The Morgan fingerprint density at radius 2 is 2.40 bits per heavy atom. The van der Waals surface area contributed by atoms with Crippen molar-refractivity contribution in [3.8, 4) is 0 Å². The fourth-order valence-corrected chi connectivity index (χ4v) is 1.95. The summed E-state index contributed by atoms with van der Waals surface area (Å²) in [5.74, 6) is -0.0847. The Kier molecular flexibility index (Phi) is 2.78. The average molecular weight is 218 g/mol. The molecule has 15 heavy (non-hydrogen) atoms. The second-order valence-electron chi connectivity index (χ2n) is 3.09. The largest absolute Gasteiger partial charge is 0.273 e. The molecule has 0 spiro atoms. The van der Waals surface area contributed by atoms with Gasteiger partial charge in [-0.3, -0.25) is 9.36 Å². The molecule has 2 heterocycles. The van der Waals surface area contributed by atoms with Crippen LogP contribution in [0.2, 0.25) is 0 Å². The van der Waals surface area contributed by atoms with E-state index in [0.717, 1.165) is 4.88 Å². The van der Waals surface area contributed by atoms with Crippen molar-refractivity contribution in [3.63, 3.8) is 0 Å². The van der Waals surface area contributed by atoms with E-state index in [-0.39, 0.29) is 5.91 Å². The van der Waals surface area contributed by atoms with Gasteiger partial charge in [0.25, 0.3) is 5.91 Å². The number of rotatable bonds is 2. The van der Waals surface area contributed by atoms with Gasteiger partial charge in [-0.25, -0.2) is 4.98 Å². The molecule has 4 heteroatoms. The number of allylic oxidation sites excluding steroid dienone is 1. The van der Waals surface area contributed by atoms with Gasteiger partial charge in [0.2, 0.25) is 0 Å². The molecule has 0 saturated carbocycles. The minimum absolute atomic E-state index is 0.0847. The standard InChI is InChI=1S/C11H10N2OS/c1-9-2-3-10(15-9)4-5-11(14)13-7-6-12-8-13/h2-8H,1H3/b5-4+. The number of carbonyl (C=O) groups excluding carboxylic acids is 1. The number of imidazole rings is 1. The summed E-state index contributed by atoms with van der Waals surface area (Å²) in [6, 6.07) is 4.03. The highest BCUT2D eigenvalue weighted by Crippen LogP contribution is 2.16. The van der Waals surface area contributed by atoms with Gasteiger partial charge < -0.3 is 0 Å². The van der Waals surface area contributed by atoms with Crippen LogP contribution in [0, 0.1) is 6.92 Å². The van der Waals surface area contributed by atoms with Crippen LogP contribution < -0.4 is 0 Å². The van der Waals surface area contributed by atoms with Crippen LogP contribution in [0.4, 0.5) is 0 Å². The second kappa shape index (κ2) is 4.23. The predicted octanol–water partition coefficient (Wildman–Crippen LogP) is 2.61. The molecule has 0 aliphatic heterocycles. The van der Waals surface area contributed by atoms with E-state index < -0.39 is 0 Å². The van der Waals surface area contributed by atoms with E-state index in [0.29, 0.717) is 0 Å². The molecule has 0 atom stereocenters. The van der Waals surface area contributed by atoms with Gasteiger partial charge in [-0.1, -0.05) is 0 Å². The van der Waals surface area contributed by atoms with E-state index >= 15 is 0 Å². The molecule has 76 valence electrons. The normalized spacial score (nSPS) is 11.0. The van der Waals surface area contributed by atoms with Gasteiger partial charge in [-0.15, -0.1) is 11.3 Å². The lowest BCUT2D eigenvalue weighted by molar-refractivity contribution is 0.0969. The average Bonchev–Trinajstić information content (AvgIpc) is 2.84. The summed E-state index contributed by atoms with van der Waals surface area (Å²) in [6.07, 6.45) is 8.08. The van der Waals surface area contributed by atoms with E-state index in [1.807, 2.05) is 25.1 Å². The molecular formula is C11H10N2OS. The quantitative estimate of drug-likeness (QED) is 0.726. The first-order valence-electron chi connectivity index (χ1n) is 4.52. The molecule has 0 radical (unpaired) electrons. The zero-order valence-corrected chi connectivity index (χ0v) is 9.07. The monoisotopic (exact) mass is 218 g/mol. The number of aromatic nitrogens is 2. The van der Waals surface area contributed by atoms with Crippen LogP contribution in [-0.2, 0) is 0 Å². The van der Waals surface area contributed by atoms with Gasteiger partial charge in [0, 0.05) is 28.2 Å². The van der Waals surface area contributed by atoms with Gasteiger partial charge in [-0.05, 0) is 25.1 Å². The van der Waals surface area contributed by atoms with Crippen molar-refractivity contribution in [2.45, 2.75) is 6.92 Å². The third-order valence-electron chi connectivity index (χ3n) is 1.91. The van der Waals surface area contributed by atoms with Crippen molar-refractivity contribution in [1.82, 2.24) is 9.55 Å². The van der Waals surface area contributed by atoms with E-state index in [1.54, 1.807) is 29.8 Å². The molecular weight excluding hydrogens is 208 g/mol. The summed E-state index contributed by atoms with van der Waals surface area (Å²) in [6.45, 7) is 2.04. The first-order chi connectivity index (χ1) is 7.25. The smallest absolute Gasteiger partial charge is 0.255 e. The van der Waals surface area contributed by atoms with Crippen molar-refractivity contribution in [2.24, 2.45) is 0 Å². The van der Waals surface area contributed by atoms with Crippen molar-refractivity contribution in [2.75, 3.05) is 0 Å². The van der Waals surface area contributed by atoms with Crippen LogP contribution in [0.5, 0.6) is 0 Å². The minimum atomic E-state index is -0.0847. The van der Waals surface area contributed by atoms with Crippen LogP contribution in [0.25, 0.3) is 6.08 Å². The third kappa shape index (κ3) is 2.41. The molecule has 2 aromatic rings. The lowest BCUT2D eigenvalue weighted by atomic mass is 10.4. The summed E-state index contributed by atoms with van der Waals surface area (Å²) in [4.78, 5) is 17.7. The first-order valence-corrected chi connectivity index (χ1v) is 5.34. The van der Waals surface area contributed by atoms with Crippen molar-refractivity contribution >= 4 is 23.3 Å². The van der Waals surface area contributed by atoms with Crippen LogP contribution in [0.15, 0.2) is 36.9 Å². The number of thiophene rings is 1. The molecule has 0 bridgehead atoms. The Morgan fingerprint density at radius 3 is 3.00 bits per heavy atom. The molecule has 2 aromatic heterocycles. The van der Waals surface area contributed by atoms with E-state index in [1.165, 1.54) is 15.8 Å². The van der Waals surface area contributed by atoms with Crippen molar-refractivity contribution in [3.05, 3.63) is 46.7 Å². The maximum absolute atomic E-state index is 11.5. The highest BCUT2D eigenvalue weighted by atomic mass is 32.1. The summed E-state index contributed by atoms with van der Waals surface area (Å²) < 4.78 is 1.44. The molecule has 0 N–H and O–H groups in total. The summed E-state index contributed by atoms with van der Waals surface area (Å²) in [5.41, 5.74) is 0. The SMILES string of the molecule is Cc1ccc(/C=C/C(=O)n2ccnc2)s1. The summed E-state index contributed by atoms with van der Waals surface area (Å²) >= 11 is 1.66. The Bertz CT molecular complexity index is 482. The highest BCUT2D eigenvalue weighted by molar-refractivity contribution is 7.12. The topological polar surface area (TPSA) is 34.9 Å². The number of hydrogen-bond acceptors (Lipinski definition) is 3. The third-order valence-corrected chi connectivity index (χ3v) is 2.88. The highest BCUT2D eigenvalue weighted by Gasteiger charge is 1.98. The summed E-state index contributed by atoms with van der Waals surface area (Å²) in [5, 5.41) is 0. The van der Waals surface area contributed by atoms with Crippen LogP contribution in [0.3, 0.4) is 0 Å². The van der Waals surface area contributed by atoms with E-state index in [4.69, 9.17) is 0 Å². The predicted molar refractivity (Wildman–Crippen MR) is 60.9 cm³/mol. The van der Waals surface area contributed by atoms with Gasteiger partial charge in [-0.2, -0.15) is 0 Å². The first kappa shape index (κ1) is 9.86. The van der Waals surface area contributed by atoms with E-state index in [2.05, 4.69) is 4.98 Å². The number of hydrogen-bond donors (Lipinski definition) is 0. The fraction of sp³-hybridized carbons (Fsp3) is 0.0909. The van der Waals surface area contributed by atoms with Gasteiger partial charge in [0.05, 0.1) is 0 Å². The lowest BCUT2D eigenvalue weighted by Gasteiger charge is -1.91. The lowest BCUT2D eigenvalue weighted by Crippen LogP contribution is -2.03. The fourth-order valence-electron chi connectivity index (χ4n) is 1.17. The van der Waals surface area contributed by atoms with Gasteiger partial charge >= 0.3 is 0 Å². The Balaban J connectivity index is 2.09. The number of aryl methyl sites for hydroxylation is 1.